The van der Waals surface area contributed by atoms with Gasteiger partial charge in [-0.25, -0.2) is 0 Å². The van der Waals surface area contributed by atoms with Crippen LogP contribution in [0, 0.1) is 0 Å². The summed E-state index contributed by atoms with van der Waals surface area (Å²) in [6.07, 6.45) is 2.42. The molecule has 2 aromatic rings. The van der Waals surface area contributed by atoms with Crippen molar-refractivity contribution in [2.45, 2.75) is 19.8 Å². The minimum Gasteiger partial charge on any atom is -0.494 e. The Balaban J connectivity index is 1.89. The number of rotatable bonds is 3. The van der Waals surface area contributed by atoms with Crippen LogP contribution in [0.2, 0.25) is 0 Å². The number of benzene rings is 2. The molecule has 0 saturated heterocycles. The highest BCUT2D eigenvalue weighted by atomic mass is 16.5. The lowest BCUT2D eigenvalue weighted by Gasteiger charge is -2.18. The lowest BCUT2D eigenvalue weighted by molar-refractivity contribution is 0.340. The fraction of sp³-hybridized carbons (Fsp3) is 0.294. The third kappa shape index (κ3) is 2.58. The zero-order chi connectivity index (χ0) is 13.1. The Hall–Kier alpha value is -1.96. The summed E-state index contributed by atoms with van der Waals surface area (Å²) in [5, 5.41) is 3.48. The smallest absolute Gasteiger partial charge is 0.119 e. The van der Waals surface area contributed by atoms with Gasteiger partial charge in [0, 0.05) is 12.2 Å². The first kappa shape index (κ1) is 12.1. The Labute approximate surface area is 114 Å². The van der Waals surface area contributed by atoms with Crippen LogP contribution in [0.3, 0.4) is 0 Å². The van der Waals surface area contributed by atoms with Gasteiger partial charge in [-0.1, -0.05) is 24.3 Å². The molecule has 2 heteroatoms. The van der Waals surface area contributed by atoms with Gasteiger partial charge in [0.15, 0.2) is 0 Å². The fourth-order valence-corrected chi connectivity index (χ4v) is 2.55. The van der Waals surface area contributed by atoms with Crippen LogP contribution >= 0.6 is 0 Å². The van der Waals surface area contributed by atoms with Crippen LogP contribution in [0.15, 0.2) is 42.5 Å². The zero-order valence-corrected chi connectivity index (χ0v) is 11.3. The maximum absolute atomic E-state index is 5.47. The molecule has 0 radical (unpaired) electrons. The number of fused-ring (bicyclic) bond motifs is 1. The fourth-order valence-electron chi connectivity index (χ4n) is 2.55. The Bertz CT molecular complexity index is 560. The standard InChI is InChI=1S/C17H19NO/c1-2-19-16-9-7-13(8-10-16)15-6-5-14-4-3-11-18-17(14)12-15/h5-10,12,18H,2-4,11H2,1H3. The molecule has 1 N–H and O–H groups in total. The maximum Gasteiger partial charge on any atom is 0.119 e. The first-order chi connectivity index (χ1) is 9.36. The summed E-state index contributed by atoms with van der Waals surface area (Å²) in [7, 11) is 0. The van der Waals surface area contributed by atoms with Gasteiger partial charge in [-0.15, -0.1) is 0 Å². The highest BCUT2D eigenvalue weighted by Crippen LogP contribution is 2.29. The molecule has 0 atom stereocenters. The van der Waals surface area contributed by atoms with Crippen LogP contribution < -0.4 is 10.1 Å². The second-order valence-electron chi connectivity index (χ2n) is 4.86. The largest absolute Gasteiger partial charge is 0.494 e. The second kappa shape index (κ2) is 5.35. The molecule has 0 bridgehead atoms. The Morgan fingerprint density at radius 1 is 1.05 bits per heavy atom. The molecule has 0 spiro atoms. The van der Waals surface area contributed by atoms with Crippen molar-refractivity contribution in [3.63, 3.8) is 0 Å². The summed E-state index contributed by atoms with van der Waals surface area (Å²) in [6, 6.07) is 15.0. The van der Waals surface area contributed by atoms with Crippen molar-refractivity contribution in [1.29, 1.82) is 0 Å². The predicted octanol–water partition coefficient (Wildman–Crippen LogP) is 4.11. The van der Waals surface area contributed by atoms with Crippen molar-refractivity contribution in [1.82, 2.24) is 0 Å². The van der Waals surface area contributed by atoms with Crippen LogP contribution in [0.4, 0.5) is 5.69 Å². The third-order valence-electron chi connectivity index (χ3n) is 3.55. The molecule has 2 aromatic carbocycles. The van der Waals surface area contributed by atoms with Gasteiger partial charge in [0.05, 0.1) is 6.61 Å². The zero-order valence-electron chi connectivity index (χ0n) is 11.3. The number of hydrogen-bond acceptors (Lipinski definition) is 2. The minimum atomic E-state index is 0.710. The topological polar surface area (TPSA) is 21.3 Å². The van der Waals surface area contributed by atoms with E-state index < -0.39 is 0 Å². The van der Waals surface area contributed by atoms with Crippen molar-refractivity contribution >= 4 is 5.69 Å². The Morgan fingerprint density at radius 3 is 2.63 bits per heavy atom. The van der Waals surface area contributed by atoms with Crippen LogP contribution in [-0.4, -0.2) is 13.2 Å². The van der Waals surface area contributed by atoms with Crippen LogP contribution in [0.25, 0.3) is 11.1 Å². The summed E-state index contributed by atoms with van der Waals surface area (Å²) in [4.78, 5) is 0. The van der Waals surface area contributed by atoms with E-state index in [4.69, 9.17) is 4.74 Å². The van der Waals surface area contributed by atoms with Crippen LogP contribution in [0.1, 0.15) is 18.9 Å². The van der Waals surface area contributed by atoms with Gasteiger partial charge in [-0.2, -0.15) is 0 Å². The molecule has 1 heterocycles. The number of aryl methyl sites for hydroxylation is 1. The quantitative estimate of drug-likeness (QED) is 0.888. The normalized spacial score (nSPS) is 13.5. The van der Waals surface area contributed by atoms with E-state index in [1.165, 1.54) is 35.2 Å². The Kier molecular flexibility index (Phi) is 3.41. The molecular weight excluding hydrogens is 234 g/mol. The lowest BCUT2D eigenvalue weighted by Crippen LogP contribution is -2.11. The van der Waals surface area contributed by atoms with E-state index in [-0.39, 0.29) is 0 Å². The summed E-state index contributed by atoms with van der Waals surface area (Å²) in [5.41, 5.74) is 5.22. The third-order valence-corrected chi connectivity index (χ3v) is 3.55. The number of anilines is 1. The van der Waals surface area contributed by atoms with Gasteiger partial charge in [-0.3, -0.25) is 0 Å². The molecule has 0 aliphatic carbocycles. The van der Waals surface area contributed by atoms with Crippen molar-refractivity contribution in [2.75, 3.05) is 18.5 Å². The molecular formula is C17H19NO. The van der Waals surface area contributed by atoms with Crippen LogP contribution in [-0.2, 0) is 6.42 Å². The van der Waals surface area contributed by atoms with Crippen LogP contribution in [0.5, 0.6) is 5.75 Å². The monoisotopic (exact) mass is 253 g/mol. The van der Waals surface area contributed by atoms with E-state index in [1.54, 1.807) is 0 Å². The molecule has 0 aromatic heterocycles. The Morgan fingerprint density at radius 2 is 1.84 bits per heavy atom. The molecule has 0 amide bonds. The SMILES string of the molecule is CCOc1ccc(-c2ccc3c(c2)NCCC3)cc1. The molecule has 2 nitrogen and oxygen atoms in total. The molecule has 3 rings (SSSR count). The van der Waals surface area contributed by atoms with E-state index in [1.807, 2.05) is 19.1 Å². The van der Waals surface area contributed by atoms with Gasteiger partial charge in [0.25, 0.3) is 0 Å². The molecule has 1 aliphatic heterocycles. The molecule has 1 aliphatic rings. The highest BCUT2D eigenvalue weighted by Gasteiger charge is 2.09. The first-order valence-corrected chi connectivity index (χ1v) is 6.97. The van der Waals surface area contributed by atoms with Crippen molar-refractivity contribution in [2.24, 2.45) is 0 Å². The average Bonchev–Trinajstić information content (AvgIpc) is 2.48. The van der Waals surface area contributed by atoms with Gasteiger partial charge >= 0.3 is 0 Å². The molecule has 0 unspecified atom stereocenters. The summed E-state index contributed by atoms with van der Waals surface area (Å²) < 4.78 is 5.47. The van der Waals surface area contributed by atoms with E-state index in [0.29, 0.717) is 6.61 Å². The average molecular weight is 253 g/mol. The van der Waals surface area contributed by atoms with E-state index in [9.17, 15) is 0 Å². The van der Waals surface area contributed by atoms with Crippen molar-refractivity contribution < 1.29 is 4.74 Å². The summed E-state index contributed by atoms with van der Waals surface area (Å²) in [5.74, 6) is 0.933. The summed E-state index contributed by atoms with van der Waals surface area (Å²) in [6.45, 7) is 3.80. The van der Waals surface area contributed by atoms with Crippen molar-refractivity contribution in [3.05, 3.63) is 48.0 Å². The predicted molar refractivity (Wildman–Crippen MR) is 79.9 cm³/mol. The van der Waals surface area contributed by atoms with Gasteiger partial charge in [-0.05, 0) is 54.7 Å². The lowest BCUT2D eigenvalue weighted by atomic mass is 9.98. The van der Waals surface area contributed by atoms with Gasteiger partial charge < -0.3 is 10.1 Å². The summed E-state index contributed by atoms with van der Waals surface area (Å²) >= 11 is 0. The van der Waals surface area contributed by atoms with E-state index in [2.05, 4.69) is 35.6 Å². The molecule has 0 fully saturated rings. The van der Waals surface area contributed by atoms with Gasteiger partial charge in [0.1, 0.15) is 5.75 Å². The molecule has 19 heavy (non-hydrogen) atoms. The van der Waals surface area contributed by atoms with Gasteiger partial charge in [0.2, 0.25) is 0 Å². The minimum absolute atomic E-state index is 0.710. The second-order valence-corrected chi connectivity index (χ2v) is 4.86. The van der Waals surface area contributed by atoms with E-state index in [0.717, 1.165) is 12.3 Å². The molecule has 98 valence electrons. The number of hydrogen-bond donors (Lipinski definition) is 1. The van der Waals surface area contributed by atoms with Crippen molar-refractivity contribution in [3.8, 4) is 16.9 Å². The number of nitrogens with one attached hydrogen (secondary N) is 1. The first-order valence-electron chi connectivity index (χ1n) is 6.97. The number of ether oxygens (including phenoxy) is 1. The maximum atomic E-state index is 5.47. The van der Waals surface area contributed by atoms with E-state index >= 15 is 0 Å². The molecule has 0 saturated carbocycles. The highest BCUT2D eigenvalue weighted by molar-refractivity contribution is 5.71.